The van der Waals surface area contributed by atoms with E-state index < -0.39 is 17.1 Å². The number of carbonyl (C=O) groups is 3. The van der Waals surface area contributed by atoms with Gasteiger partial charge in [-0.05, 0) is 64.7 Å². The van der Waals surface area contributed by atoms with Crippen molar-refractivity contribution in [3.05, 3.63) is 12.2 Å². The topological polar surface area (TPSA) is 69.7 Å². The lowest BCUT2D eigenvalue weighted by Gasteiger charge is -2.45. The molecule has 1 aliphatic heterocycles. The zero-order valence-corrected chi connectivity index (χ0v) is 16.6. The van der Waals surface area contributed by atoms with Gasteiger partial charge in [0.1, 0.15) is 22.9 Å². The van der Waals surface area contributed by atoms with Gasteiger partial charge in [-0.1, -0.05) is 12.2 Å². The number of ketones is 1. The molecule has 148 valence electrons. The van der Waals surface area contributed by atoms with Crippen LogP contribution in [0.4, 0.5) is 0 Å². The summed E-state index contributed by atoms with van der Waals surface area (Å²) in [5, 5.41) is 0. The molecule has 0 spiro atoms. The van der Waals surface area contributed by atoms with Gasteiger partial charge in [0.05, 0.1) is 0 Å². The Balaban J connectivity index is 1.59. The summed E-state index contributed by atoms with van der Waals surface area (Å²) in [6.07, 6.45) is 5.66. The highest BCUT2D eigenvalue weighted by molar-refractivity contribution is 5.87. The molecular weight excluding hydrogens is 344 g/mol. The average Bonchev–Trinajstić information content (AvgIpc) is 2.93. The number of Topliss-reactive ketones (excluding diaryl/α,β-unsaturated/α-hetero) is 1. The summed E-state index contributed by atoms with van der Waals surface area (Å²) in [7, 11) is 0. The van der Waals surface area contributed by atoms with Crippen LogP contribution in [0.3, 0.4) is 0 Å². The smallest absolute Gasteiger partial charge is 0.316 e. The quantitative estimate of drug-likeness (QED) is 0.554. The highest BCUT2D eigenvalue weighted by atomic mass is 16.6. The monoisotopic (exact) mass is 374 g/mol. The van der Waals surface area contributed by atoms with E-state index in [1.807, 2.05) is 13.8 Å². The number of ether oxygens (including phenoxy) is 2. The van der Waals surface area contributed by atoms with Gasteiger partial charge in [-0.2, -0.15) is 0 Å². The fourth-order valence-electron chi connectivity index (χ4n) is 6.56. The fourth-order valence-corrected chi connectivity index (χ4v) is 6.56. The van der Waals surface area contributed by atoms with Crippen molar-refractivity contribution in [2.24, 2.45) is 22.7 Å². The van der Waals surface area contributed by atoms with E-state index in [2.05, 4.69) is 6.58 Å². The fraction of sp³-hybridized carbons (Fsp3) is 0.773. The Morgan fingerprint density at radius 3 is 2.74 bits per heavy atom. The highest BCUT2D eigenvalue weighted by Gasteiger charge is 2.67. The third kappa shape index (κ3) is 2.60. The summed E-state index contributed by atoms with van der Waals surface area (Å²) < 4.78 is 11.4. The number of hydrogen-bond acceptors (Lipinski definition) is 5. The molecule has 4 fully saturated rings. The summed E-state index contributed by atoms with van der Waals surface area (Å²) >= 11 is 0. The van der Waals surface area contributed by atoms with Gasteiger partial charge in [-0.25, -0.2) is 0 Å². The Labute approximate surface area is 160 Å². The van der Waals surface area contributed by atoms with E-state index in [1.165, 1.54) is 12.5 Å². The third-order valence-corrected chi connectivity index (χ3v) is 8.11. The van der Waals surface area contributed by atoms with E-state index in [0.29, 0.717) is 31.0 Å². The second-order valence-electron chi connectivity index (χ2n) is 9.69. The SMILES string of the molecule is C=C1CC2(CCC3C4(C)CCC(OC(C)=O)C3(C)C(=O)O4)CC1CCC2=O. The molecule has 6 unspecified atom stereocenters. The van der Waals surface area contributed by atoms with Crippen LogP contribution >= 0.6 is 0 Å². The van der Waals surface area contributed by atoms with Crippen LogP contribution in [0.2, 0.25) is 0 Å². The van der Waals surface area contributed by atoms with Crippen LogP contribution in [-0.2, 0) is 23.9 Å². The van der Waals surface area contributed by atoms with Crippen LogP contribution in [-0.4, -0.2) is 29.4 Å². The molecule has 3 aliphatic carbocycles. The summed E-state index contributed by atoms with van der Waals surface area (Å²) in [5.74, 6) is 0.162. The Morgan fingerprint density at radius 1 is 1.30 bits per heavy atom. The molecule has 1 saturated heterocycles. The standard InChI is InChI=1S/C22H30O5/c1-13-11-22(12-15(13)5-6-17(22)24)10-7-16-20(3)9-8-18(26-14(2)23)21(16,4)19(25)27-20/h15-16,18H,1,5-12H2,2-4H3. The Hall–Kier alpha value is -1.65. The molecule has 0 radical (unpaired) electrons. The number of rotatable bonds is 4. The van der Waals surface area contributed by atoms with E-state index in [1.54, 1.807) is 0 Å². The molecule has 0 amide bonds. The van der Waals surface area contributed by atoms with Crippen molar-refractivity contribution < 1.29 is 23.9 Å². The molecule has 0 aromatic carbocycles. The van der Waals surface area contributed by atoms with Crippen molar-refractivity contribution in [3.8, 4) is 0 Å². The first-order chi connectivity index (χ1) is 12.6. The molecule has 1 heterocycles. The summed E-state index contributed by atoms with van der Waals surface area (Å²) in [6, 6.07) is 0. The molecule has 5 heteroatoms. The predicted molar refractivity (Wildman–Crippen MR) is 98.7 cm³/mol. The lowest BCUT2D eigenvalue weighted by atomic mass is 9.58. The van der Waals surface area contributed by atoms with Crippen LogP contribution in [0.1, 0.15) is 72.1 Å². The molecule has 4 rings (SSSR count). The van der Waals surface area contributed by atoms with E-state index in [4.69, 9.17) is 9.47 Å². The van der Waals surface area contributed by atoms with Crippen LogP contribution in [0, 0.1) is 22.7 Å². The maximum absolute atomic E-state index is 12.8. The van der Waals surface area contributed by atoms with Crippen molar-refractivity contribution in [1.82, 2.24) is 0 Å². The van der Waals surface area contributed by atoms with Crippen molar-refractivity contribution in [1.29, 1.82) is 0 Å². The van der Waals surface area contributed by atoms with Crippen molar-refractivity contribution in [2.45, 2.75) is 83.8 Å². The van der Waals surface area contributed by atoms with Crippen molar-refractivity contribution in [2.75, 3.05) is 0 Å². The molecular formula is C22H30O5. The summed E-state index contributed by atoms with van der Waals surface area (Å²) in [6.45, 7) is 9.48. The molecule has 6 atom stereocenters. The van der Waals surface area contributed by atoms with Crippen LogP contribution < -0.4 is 0 Å². The van der Waals surface area contributed by atoms with Gasteiger partial charge >= 0.3 is 11.9 Å². The second-order valence-corrected chi connectivity index (χ2v) is 9.69. The first kappa shape index (κ1) is 18.7. The minimum atomic E-state index is -0.831. The molecule has 0 aromatic rings. The highest BCUT2D eigenvalue weighted by Crippen LogP contribution is 2.60. The van der Waals surface area contributed by atoms with E-state index in [0.717, 1.165) is 32.1 Å². The van der Waals surface area contributed by atoms with Crippen molar-refractivity contribution in [3.63, 3.8) is 0 Å². The molecule has 4 bridgehead atoms. The Bertz CT molecular complexity index is 726. The van der Waals surface area contributed by atoms with E-state index >= 15 is 0 Å². The predicted octanol–water partition coefficient (Wildman–Crippen LogP) is 3.75. The van der Waals surface area contributed by atoms with Crippen LogP contribution in [0.15, 0.2) is 12.2 Å². The average molecular weight is 374 g/mol. The first-order valence-corrected chi connectivity index (χ1v) is 10.2. The van der Waals surface area contributed by atoms with Gasteiger partial charge in [-0.3, -0.25) is 14.4 Å². The zero-order chi connectivity index (χ0) is 19.6. The van der Waals surface area contributed by atoms with Gasteiger partial charge in [0.2, 0.25) is 0 Å². The van der Waals surface area contributed by atoms with Gasteiger partial charge in [0, 0.05) is 24.7 Å². The number of fused-ring (bicyclic) bond motifs is 4. The van der Waals surface area contributed by atoms with Gasteiger partial charge < -0.3 is 9.47 Å². The van der Waals surface area contributed by atoms with Crippen molar-refractivity contribution >= 4 is 17.7 Å². The van der Waals surface area contributed by atoms with Crippen LogP contribution in [0.5, 0.6) is 0 Å². The summed E-state index contributed by atoms with van der Waals surface area (Å²) in [5.41, 5.74) is -0.452. The Morgan fingerprint density at radius 2 is 2.04 bits per heavy atom. The molecule has 5 nitrogen and oxygen atoms in total. The largest absolute Gasteiger partial charge is 0.461 e. The van der Waals surface area contributed by atoms with Crippen LogP contribution in [0.25, 0.3) is 0 Å². The zero-order valence-electron chi connectivity index (χ0n) is 16.6. The Kier molecular flexibility index (Phi) is 4.10. The molecule has 27 heavy (non-hydrogen) atoms. The van der Waals surface area contributed by atoms with Gasteiger partial charge in [-0.15, -0.1) is 0 Å². The molecule has 3 saturated carbocycles. The van der Waals surface area contributed by atoms with E-state index in [9.17, 15) is 14.4 Å². The maximum atomic E-state index is 12.8. The minimum Gasteiger partial charge on any atom is -0.461 e. The number of esters is 2. The lowest BCUT2D eigenvalue weighted by molar-refractivity contribution is -0.163. The maximum Gasteiger partial charge on any atom is 0.316 e. The number of allylic oxidation sites excluding steroid dienone is 1. The minimum absolute atomic E-state index is 0.0491. The number of hydrogen-bond donors (Lipinski definition) is 0. The third-order valence-electron chi connectivity index (χ3n) is 8.11. The molecule has 0 aromatic heterocycles. The molecule has 0 N–H and O–H groups in total. The normalized spacial score (nSPS) is 45.7. The lowest BCUT2D eigenvalue weighted by Crippen LogP contribution is -2.52. The van der Waals surface area contributed by atoms with E-state index in [-0.39, 0.29) is 23.3 Å². The van der Waals surface area contributed by atoms with Gasteiger partial charge in [0.15, 0.2) is 0 Å². The number of carbonyl (C=O) groups excluding carboxylic acids is 3. The first-order valence-electron chi connectivity index (χ1n) is 10.2. The summed E-state index contributed by atoms with van der Waals surface area (Å²) in [4.78, 5) is 37.2. The second kappa shape index (κ2) is 5.92. The molecule has 4 aliphatic rings. The van der Waals surface area contributed by atoms with Gasteiger partial charge in [0.25, 0.3) is 0 Å².